The number of rotatable bonds is 2. The van der Waals surface area contributed by atoms with E-state index in [1.165, 1.54) is 6.20 Å². The molecule has 2 saturated heterocycles. The Hall–Kier alpha value is -1.11. The van der Waals surface area contributed by atoms with Crippen molar-refractivity contribution in [2.45, 2.75) is 6.04 Å². The quantitative estimate of drug-likeness (QED) is 0.510. The maximum absolute atomic E-state index is 9.09. The summed E-state index contributed by atoms with van der Waals surface area (Å²) in [6, 6.07) is 2.39. The highest BCUT2D eigenvalue weighted by molar-refractivity contribution is 6.58. The third-order valence-corrected chi connectivity index (χ3v) is 3.49. The van der Waals surface area contributed by atoms with Gasteiger partial charge in [-0.1, -0.05) is 0 Å². The van der Waals surface area contributed by atoms with E-state index in [0.29, 0.717) is 11.5 Å². The van der Waals surface area contributed by atoms with E-state index in [4.69, 9.17) is 10.0 Å². The van der Waals surface area contributed by atoms with Crippen LogP contribution in [0.5, 0.6) is 0 Å². The molecule has 0 saturated carbocycles. The van der Waals surface area contributed by atoms with Gasteiger partial charge in [0.2, 0.25) is 0 Å². The Labute approximate surface area is 94.3 Å². The summed E-state index contributed by atoms with van der Waals surface area (Å²) < 4.78 is 0. The van der Waals surface area contributed by atoms with E-state index in [1.807, 2.05) is 0 Å². The zero-order chi connectivity index (χ0) is 11.1. The number of anilines is 1. The maximum Gasteiger partial charge on any atom is 0.490 e. The molecule has 2 aliphatic rings. The third-order valence-electron chi connectivity index (χ3n) is 3.49. The Morgan fingerprint density at radius 2 is 2.25 bits per heavy atom. The third kappa shape index (κ3) is 1.59. The minimum atomic E-state index is -1.44. The van der Waals surface area contributed by atoms with Gasteiger partial charge in [0, 0.05) is 43.3 Å². The molecule has 6 heteroatoms. The predicted octanol–water partition coefficient (Wildman–Crippen LogP) is -1.83. The fourth-order valence-electron chi connectivity index (χ4n) is 2.42. The van der Waals surface area contributed by atoms with E-state index in [2.05, 4.69) is 15.2 Å². The first-order valence-electron chi connectivity index (χ1n) is 5.53. The van der Waals surface area contributed by atoms with Crippen LogP contribution in [-0.4, -0.2) is 47.8 Å². The summed E-state index contributed by atoms with van der Waals surface area (Å²) in [5, 5.41) is 21.6. The summed E-state index contributed by atoms with van der Waals surface area (Å²) in [4.78, 5) is 6.28. The highest BCUT2D eigenvalue weighted by Crippen LogP contribution is 2.27. The van der Waals surface area contributed by atoms with E-state index in [9.17, 15) is 0 Å². The van der Waals surface area contributed by atoms with Crippen LogP contribution in [0.15, 0.2) is 18.5 Å². The van der Waals surface area contributed by atoms with Crippen LogP contribution in [0.25, 0.3) is 0 Å². The molecular weight excluding hydrogens is 205 g/mol. The Morgan fingerprint density at radius 1 is 1.38 bits per heavy atom. The standard InChI is InChI=1S/C10H14BN3O2/c15-11(16)8-1-9(4-12-3-8)14-5-7-2-13-10(7)6-14/h1,3-4,7,10,13,15-16H,2,5-6H2/t7-,10+/m0/s1. The molecule has 16 heavy (non-hydrogen) atoms. The molecule has 0 amide bonds. The topological polar surface area (TPSA) is 68.6 Å². The molecule has 3 rings (SSSR count). The summed E-state index contributed by atoms with van der Waals surface area (Å²) in [5.74, 6) is 0.739. The average Bonchev–Trinajstić information content (AvgIpc) is 2.55. The lowest BCUT2D eigenvalue weighted by molar-refractivity contribution is 0.297. The first-order chi connectivity index (χ1) is 7.74. The highest BCUT2D eigenvalue weighted by atomic mass is 16.4. The Kier molecular flexibility index (Phi) is 2.35. The second-order valence-corrected chi connectivity index (χ2v) is 4.53. The molecule has 2 fully saturated rings. The van der Waals surface area contributed by atoms with Gasteiger partial charge >= 0.3 is 7.12 Å². The smallest absolute Gasteiger partial charge is 0.423 e. The molecule has 0 spiro atoms. The molecule has 0 radical (unpaired) electrons. The molecular formula is C10H14BN3O2. The fourth-order valence-corrected chi connectivity index (χ4v) is 2.42. The first kappa shape index (κ1) is 10.1. The van der Waals surface area contributed by atoms with Crippen molar-refractivity contribution in [1.82, 2.24) is 10.3 Å². The number of nitrogens with one attached hydrogen (secondary N) is 1. The number of aromatic nitrogens is 1. The zero-order valence-electron chi connectivity index (χ0n) is 8.87. The van der Waals surface area contributed by atoms with Gasteiger partial charge in [-0.3, -0.25) is 4.98 Å². The van der Waals surface area contributed by atoms with Crippen molar-refractivity contribution >= 4 is 18.3 Å². The molecule has 5 nitrogen and oxygen atoms in total. The van der Waals surface area contributed by atoms with Crippen LogP contribution < -0.4 is 15.7 Å². The van der Waals surface area contributed by atoms with Crippen molar-refractivity contribution in [1.29, 1.82) is 0 Å². The molecule has 0 unspecified atom stereocenters. The van der Waals surface area contributed by atoms with E-state index in [-0.39, 0.29) is 0 Å². The summed E-state index contributed by atoms with van der Waals surface area (Å²) in [7, 11) is -1.44. The van der Waals surface area contributed by atoms with Gasteiger partial charge in [0.25, 0.3) is 0 Å². The Bertz CT molecular complexity index is 389. The highest BCUT2D eigenvalue weighted by Gasteiger charge is 2.39. The Morgan fingerprint density at radius 3 is 2.81 bits per heavy atom. The Balaban J connectivity index is 1.81. The summed E-state index contributed by atoms with van der Waals surface area (Å²) in [6.45, 7) is 3.11. The predicted molar refractivity (Wildman–Crippen MR) is 61.6 cm³/mol. The number of hydrogen-bond acceptors (Lipinski definition) is 5. The van der Waals surface area contributed by atoms with Gasteiger partial charge in [0.05, 0.1) is 11.9 Å². The van der Waals surface area contributed by atoms with Gasteiger partial charge in [-0.05, 0) is 6.07 Å². The van der Waals surface area contributed by atoms with Crippen molar-refractivity contribution < 1.29 is 10.0 Å². The second-order valence-electron chi connectivity index (χ2n) is 4.53. The monoisotopic (exact) mass is 219 g/mol. The summed E-state index contributed by atoms with van der Waals surface area (Å²) >= 11 is 0. The van der Waals surface area contributed by atoms with Gasteiger partial charge in [0.15, 0.2) is 0 Å². The van der Waals surface area contributed by atoms with Crippen LogP contribution >= 0.6 is 0 Å². The van der Waals surface area contributed by atoms with Gasteiger partial charge in [0.1, 0.15) is 0 Å². The van der Waals surface area contributed by atoms with Crippen LogP contribution in [0.1, 0.15) is 0 Å². The molecule has 0 aliphatic carbocycles. The molecule has 1 aromatic rings. The van der Waals surface area contributed by atoms with Crippen LogP contribution in [0.3, 0.4) is 0 Å². The van der Waals surface area contributed by atoms with E-state index in [0.717, 1.165) is 31.2 Å². The van der Waals surface area contributed by atoms with Crippen LogP contribution in [0.4, 0.5) is 5.69 Å². The molecule has 0 bridgehead atoms. The number of fused-ring (bicyclic) bond motifs is 1. The minimum absolute atomic E-state index is 0.449. The lowest BCUT2D eigenvalue weighted by Crippen LogP contribution is -2.51. The number of nitrogens with zero attached hydrogens (tertiary/aromatic N) is 2. The van der Waals surface area contributed by atoms with Crippen LogP contribution in [0, 0.1) is 5.92 Å². The van der Waals surface area contributed by atoms with E-state index in [1.54, 1.807) is 12.3 Å². The molecule has 3 heterocycles. The summed E-state index contributed by atoms with van der Waals surface area (Å²) in [5.41, 5.74) is 1.42. The maximum atomic E-state index is 9.09. The molecule has 2 atom stereocenters. The minimum Gasteiger partial charge on any atom is -0.423 e. The van der Waals surface area contributed by atoms with E-state index < -0.39 is 7.12 Å². The summed E-state index contributed by atoms with van der Waals surface area (Å²) in [6.07, 6.45) is 3.26. The number of hydrogen-bond donors (Lipinski definition) is 3. The van der Waals surface area contributed by atoms with Gasteiger partial charge in [-0.15, -0.1) is 0 Å². The molecule has 0 aromatic carbocycles. The van der Waals surface area contributed by atoms with E-state index >= 15 is 0 Å². The van der Waals surface area contributed by atoms with Crippen molar-refractivity contribution in [3.05, 3.63) is 18.5 Å². The van der Waals surface area contributed by atoms with Crippen LogP contribution in [0.2, 0.25) is 0 Å². The van der Waals surface area contributed by atoms with Crippen molar-refractivity contribution in [3.63, 3.8) is 0 Å². The largest absolute Gasteiger partial charge is 0.490 e. The molecule has 84 valence electrons. The normalized spacial score (nSPS) is 27.5. The van der Waals surface area contributed by atoms with Gasteiger partial charge < -0.3 is 20.3 Å². The van der Waals surface area contributed by atoms with Gasteiger partial charge in [-0.2, -0.15) is 0 Å². The first-order valence-corrected chi connectivity index (χ1v) is 5.53. The second kappa shape index (κ2) is 3.73. The lowest BCUT2D eigenvalue weighted by atomic mass is 9.81. The molecule has 2 aliphatic heterocycles. The van der Waals surface area contributed by atoms with Crippen molar-refractivity contribution in [3.8, 4) is 0 Å². The lowest BCUT2D eigenvalue weighted by Gasteiger charge is -2.29. The van der Waals surface area contributed by atoms with Crippen LogP contribution in [-0.2, 0) is 0 Å². The molecule has 3 N–H and O–H groups in total. The van der Waals surface area contributed by atoms with Crippen molar-refractivity contribution in [2.24, 2.45) is 5.92 Å². The van der Waals surface area contributed by atoms with Gasteiger partial charge in [-0.25, -0.2) is 0 Å². The SMILES string of the molecule is OB(O)c1cncc(N2C[C@@H]3CN[C@@H]3C2)c1. The fraction of sp³-hybridized carbons (Fsp3) is 0.500. The number of pyridine rings is 1. The molecule has 1 aromatic heterocycles. The van der Waals surface area contributed by atoms with Crippen molar-refractivity contribution in [2.75, 3.05) is 24.5 Å². The zero-order valence-corrected chi connectivity index (χ0v) is 8.87. The average molecular weight is 219 g/mol.